The van der Waals surface area contributed by atoms with Gasteiger partial charge >= 0.3 is 11.9 Å². The zero-order chi connectivity index (χ0) is 62.6. The van der Waals surface area contributed by atoms with Crippen molar-refractivity contribution in [1.29, 1.82) is 0 Å². The summed E-state index contributed by atoms with van der Waals surface area (Å²) in [5.74, 6) is -2.25. The number of likely N-dealkylation sites (N-methyl/N-ethyl adjacent to an activating group) is 1. The number of unbranched alkanes of at least 4 members (excludes halogenated alkanes) is 53. The number of carbonyl (C=O) groups is 3. The number of hydrogen-bond donors (Lipinski definition) is 0. The summed E-state index contributed by atoms with van der Waals surface area (Å²) >= 11 is 0. The van der Waals surface area contributed by atoms with Crippen molar-refractivity contribution in [2.75, 3.05) is 47.5 Å². The summed E-state index contributed by atoms with van der Waals surface area (Å²) in [6.45, 7) is 4.82. The van der Waals surface area contributed by atoms with Crippen LogP contribution in [-0.4, -0.2) is 82.3 Å². The summed E-state index contributed by atoms with van der Waals surface area (Å²) in [6.07, 6.45) is 82.9. The maximum absolute atomic E-state index is 13.0. The van der Waals surface area contributed by atoms with Gasteiger partial charge in [-0.1, -0.05) is 359 Å². The number of carboxylic acids is 1. The molecule has 2 atom stereocenters. The number of ether oxygens (including phenoxy) is 4. The summed E-state index contributed by atoms with van der Waals surface area (Å²) in [5.41, 5.74) is 0. The van der Waals surface area contributed by atoms with E-state index in [1.807, 2.05) is 21.1 Å². The number of quaternary nitrogens is 1. The van der Waals surface area contributed by atoms with E-state index in [1.165, 1.54) is 321 Å². The van der Waals surface area contributed by atoms with Gasteiger partial charge in [-0.2, -0.15) is 0 Å². The second-order valence-electron chi connectivity index (χ2n) is 27.3. The molecule has 0 aromatic rings. The lowest BCUT2D eigenvalue weighted by molar-refractivity contribution is -0.870. The minimum absolute atomic E-state index is 0.152. The van der Waals surface area contributed by atoms with Crippen molar-refractivity contribution in [3.8, 4) is 0 Å². The van der Waals surface area contributed by atoms with Crippen molar-refractivity contribution in [2.24, 2.45) is 0 Å². The van der Waals surface area contributed by atoms with E-state index in [-0.39, 0.29) is 32.2 Å². The van der Waals surface area contributed by atoms with Gasteiger partial charge in [0.1, 0.15) is 13.2 Å². The lowest BCUT2D eigenvalue weighted by Gasteiger charge is -2.26. The van der Waals surface area contributed by atoms with E-state index in [0.717, 1.165) is 44.9 Å². The highest BCUT2D eigenvalue weighted by molar-refractivity contribution is 5.70. The topological polar surface area (TPSA) is 111 Å². The van der Waals surface area contributed by atoms with Crippen LogP contribution in [0.1, 0.15) is 393 Å². The predicted octanol–water partition coefficient (Wildman–Crippen LogP) is 22.4. The minimum atomic E-state index is -1.62. The molecule has 0 amide bonds. The zero-order valence-corrected chi connectivity index (χ0v) is 58.2. The van der Waals surface area contributed by atoms with E-state index >= 15 is 0 Å². The molecule has 0 aromatic carbocycles. The Bertz CT molecular complexity index is 1460. The molecule has 0 aliphatic heterocycles. The third-order valence-electron chi connectivity index (χ3n) is 17.5. The van der Waals surface area contributed by atoms with Crippen LogP contribution in [0.3, 0.4) is 0 Å². The van der Waals surface area contributed by atoms with Crippen LogP contribution in [0.5, 0.6) is 0 Å². The number of carbonyl (C=O) groups excluding carboxylic acids is 3. The Kier molecular flexibility index (Phi) is 66.9. The number of rotatable bonds is 72. The molecule has 9 heteroatoms. The molecule has 0 saturated heterocycles. The standard InChI is InChI=1S/C77H147NO8/c1-6-8-10-12-14-16-18-20-22-24-26-28-30-32-34-36-38-40-42-44-46-48-50-52-54-56-58-60-62-64-66-68-75(80)86-73(72-85-77(76(81)82)83-70-69-78(3,4)5)71-84-74(79)67-65-63-61-59-57-55-53-51-49-47-45-43-41-39-37-35-33-31-29-27-25-23-21-19-17-15-13-11-9-7-2/h18,20,24,26,73,77H,6-17,19,21-23,25,27-72H2,1-5H3/b20-18-,26-24-. The molecule has 86 heavy (non-hydrogen) atoms. The van der Waals surface area contributed by atoms with Crippen molar-refractivity contribution < 1.29 is 42.9 Å². The normalized spacial score (nSPS) is 12.7. The van der Waals surface area contributed by atoms with E-state index in [9.17, 15) is 19.5 Å². The number of esters is 2. The third-order valence-corrected chi connectivity index (χ3v) is 17.5. The molecule has 0 aliphatic rings. The van der Waals surface area contributed by atoms with Gasteiger partial charge in [-0.15, -0.1) is 0 Å². The number of hydrogen-bond acceptors (Lipinski definition) is 8. The van der Waals surface area contributed by atoms with Gasteiger partial charge in [-0.3, -0.25) is 9.59 Å². The third kappa shape index (κ3) is 69.2. The summed E-state index contributed by atoms with van der Waals surface area (Å²) in [5, 5.41) is 11.8. The fourth-order valence-corrected chi connectivity index (χ4v) is 11.6. The van der Waals surface area contributed by atoms with Crippen molar-refractivity contribution in [1.82, 2.24) is 0 Å². The first kappa shape index (κ1) is 83.8. The van der Waals surface area contributed by atoms with Crippen LogP contribution < -0.4 is 5.11 Å². The van der Waals surface area contributed by atoms with E-state index in [0.29, 0.717) is 17.4 Å². The smallest absolute Gasteiger partial charge is 0.306 e. The molecule has 0 spiro atoms. The molecule has 0 aliphatic carbocycles. The largest absolute Gasteiger partial charge is 0.545 e. The molecule has 0 aromatic heterocycles. The van der Waals surface area contributed by atoms with E-state index in [1.54, 1.807) is 0 Å². The first-order valence-corrected chi connectivity index (χ1v) is 38.0. The minimum Gasteiger partial charge on any atom is -0.545 e. The Morgan fingerprint density at radius 3 is 0.919 bits per heavy atom. The van der Waals surface area contributed by atoms with Gasteiger partial charge in [0.15, 0.2) is 12.4 Å². The van der Waals surface area contributed by atoms with Gasteiger partial charge in [0.2, 0.25) is 0 Å². The fraction of sp³-hybridized carbons (Fsp3) is 0.909. The summed E-state index contributed by atoms with van der Waals surface area (Å²) < 4.78 is 22.9. The molecule has 2 unspecified atom stereocenters. The molecule has 0 rings (SSSR count). The number of allylic oxidation sites excluding steroid dienone is 4. The van der Waals surface area contributed by atoms with Crippen LogP contribution in [0.2, 0.25) is 0 Å². The Balaban J connectivity index is 4.01. The summed E-state index contributed by atoms with van der Waals surface area (Å²) in [7, 11) is 5.95. The number of nitrogens with zero attached hydrogens (tertiary/aromatic N) is 1. The Labute approximate surface area is 535 Å². The predicted molar refractivity (Wildman–Crippen MR) is 366 cm³/mol. The lowest BCUT2D eigenvalue weighted by Crippen LogP contribution is -2.44. The second-order valence-corrected chi connectivity index (χ2v) is 27.3. The molecule has 0 saturated carbocycles. The first-order valence-electron chi connectivity index (χ1n) is 38.0. The molecule has 0 heterocycles. The lowest BCUT2D eigenvalue weighted by atomic mass is 10.0. The Morgan fingerprint density at radius 1 is 0.349 bits per heavy atom. The molecule has 508 valence electrons. The quantitative estimate of drug-likeness (QED) is 0.0195. The SMILES string of the molecule is CCCCCCC/C=C\C/C=C\CCCCCCCCCCCCCCCCCCCCCC(=O)OC(COC(=O)CCCCCCCCCCCCCCCCCCCCCCCCCCCCCCCC)COC(OCC[N+](C)(C)C)C(=O)[O-]. The van der Waals surface area contributed by atoms with Crippen LogP contribution in [0.4, 0.5) is 0 Å². The van der Waals surface area contributed by atoms with E-state index in [2.05, 4.69) is 38.2 Å². The van der Waals surface area contributed by atoms with E-state index in [4.69, 9.17) is 18.9 Å². The second kappa shape index (κ2) is 68.7. The van der Waals surface area contributed by atoms with Crippen LogP contribution in [0.25, 0.3) is 0 Å². The highest BCUT2D eigenvalue weighted by Gasteiger charge is 2.22. The van der Waals surface area contributed by atoms with Gasteiger partial charge < -0.3 is 33.3 Å². The molecule has 0 N–H and O–H groups in total. The average molecular weight is 1220 g/mol. The molecule has 0 bridgehead atoms. The van der Waals surface area contributed by atoms with Gasteiger partial charge in [0.25, 0.3) is 0 Å². The molecular formula is C77H147NO8. The van der Waals surface area contributed by atoms with Crippen molar-refractivity contribution >= 4 is 17.9 Å². The maximum Gasteiger partial charge on any atom is 0.306 e. The van der Waals surface area contributed by atoms with Gasteiger partial charge in [-0.05, 0) is 44.9 Å². The number of carboxylic acid groups (broad SMARTS) is 1. The molecule has 0 fully saturated rings. The first-order chi connectivity index (χ1) is 42.1. The Morgan fingerprint density at radius 2 is 0.628 bits per heavy atom. The molecule has 9 nitrogen and oxygen atoms in total. The maximum atomic E-state index is 13.0. The zero-order valence-electron chi connectivity index (χ0n) is 58.2. The number of aliphatic carboxylic acids is 1. The summed E-state index contributed by atoms with van der Waals surface area (Å²) in [6, 6.07) is 0. The van der Waals surface area contributed by atoms with Gasteiger partial charge in [0.05, 0.1) is 40.3 Å². The van der Waals surface area contributed by atoms with Gasteiger partial charge in [0, 0.05) is 12.8 Å². The highest BCUT2D eigenvalue weighted by Crippen LogP contribution is 2.20. The fourth-order valence-electron chi connectivity index (χ4n) is 11.6. The molecule has 0 radical (unpaired) electrons. The Hall–Kier alpha value is -2.23. The van der Waals surface area contributed by atoms with Crippen LogP contribution >= 0.6 is 0 Å². The summed E-state index contributed by atoms with van der Waals surface area (Å²) in [4.78, 5) is 37.5. The average Bonchev–Trinajstić information content (AvgIpc) is 3.64. The van der Waals surface area contributed by atoms with Gasteiger partial charge in [-0.25, -0.2) is 0 Å². The van der Waals surface area contributed by atoms with Crippen molar-refractivity contribution in [3.63, 3.8) is 0 Å². The van der Waals surface area contributed by atoms with Crippen LogP contribution in [0, 0.1) is 0 Å². The molecular weight excluding hydrogens is 1070 g/mol. The monoisotopic (exact) mass is 1210 g/mol. The van der Waals surface area contributed by atoms with Crippen LogP contribution in [-0.2, 0) is 33.3 Å². The van der Waals surface area contributed by atoms with Crippen LogP contribution in [0.15, 0.2) is 24.3 Å². The van der Waals surface area contributed by atoms with Crippen molar-refractivity contribution in [2.45, 2.75) is 405 Å². The highest BCUT2D eigenvalue weighted by atomic mass is 16.7. The van der Waals surface area contributed by atoms with Crippen molar-refractivity contribution in [3.05, 3.63) is 24.3 Å². The van der Waals surface area contributed by atoms with E-state index < -0.39 is 24.3 Å².